The third kappa shape index (κ3) is 4.31. The third-order valence-corrected chi connectivity index (χ3v) is 11.4. The Bertz CT molecular complexity index is 1600. The van der Waals surface area contributed by atoms with E-state index in [1.165, 1.54) is 10.4 Å². The van der Waals surface area contributed by atoms with E-state index in [9.17, 15) is 16.8 Å². The van der Waals surface area contributed by atoms with Gasteiger partial charge in [0, 0.05) is 30.6 Å². The van der Waals surface area contributed by atoms with Gasteiger partial charge in [-0.3, -0.25) is 9.18 Å². The molecule has 0 saturated carbocycles. The number of nitrogens with zero attached hydrogens (tertiary/aromatic N) is 3. The van der Waals surface area contributed by atoms with Crippen LogP contribution in [0, 0.1) is 12.3 Å². The fourth-order valence-electron chi connectivity index (χ4n) is 6.24. The van der Waals surface area contributed by atoms with Gasteiger partial charge in [0.2, 0.25) is 10.0 Å². The van der Waals surface area contributed by atoms with Crippen molar-refractivity contribution in [3.8, 4) is 0 Å². The lowest BCUT2D eigenvalue weighted by molar-refractivity contribution is -0.228. The summed E-state index contributed by atoms with van der Waals surface area (Å²) in [6.07, 6.45) is 1.84. The Hall–Kier alpha value is -2.35. The highest BCUT2D eigenvalue weighted by Gasteiger charge is 2.55. The van der Waals surface area contributed by atoms with Crippen LogP contribution in [0.4, 0.5) is 5.69 Å². The van der Waals surface area contributed by atoms with Crippen molar-refractivity contribution in [1.82, 2.24) is 4.31 Å². The van der Waals surface area contributed by atoms with Crippen LogP contribution in [-0.2, 0) is 39.6 Å². The van der Waals surface area contributed by atoms with Gasteiger partial charge in [0.25, 0.3) is 15.9 Å². The fourth-order valence-corrected chi connectivity index (χ4v) is 8.84. The van der Waals surface area contributed by atoms with Crippen molar-refractivity contribution >= 4 is 31.7 Å². The minimum absolute atomic E-state index is 0.0119. The van der Waals surface area contributed by atoms with E-state index in [-0.39, 0.29) is 21.8 Å². The summed E-state index contributed by atoms with van der Waals surface area (Å²) >= 11 is 0. The molecule has 40 heavy (non-hydrogen) atoms. The zero-order chi connectivity index (χ0) is 28.5. The molecule has 0 aliphatic carbocycles. The first kappa shape index (κ1) is 27.8. The predicted octanol–water partition coefficient (Wildman–Crippen LogP) is 3.70. The van der Waals surface area contributed by atoms with Gasteiger partial charge in [-0.2, -0.15) is 12.7 Å². The van der Waals surface area contributed by atoms with Gasteiger partial charge in [-0.15, -0.1) is 0 Å². The monoisotopic (exact) mass is 589 g/mol. The molecular formula is C28H35N3O7S2. The minimum atomic E-state index is -4.04. The fraction of sp³-hybridized carbons (Fsp3) is 0.536. The van der Waals surface area contributed by atoms with Gasteiger partial charge in [0.1, 0.15) is 0 Å². The van der Waals surface area contributed by atoms with Crippen LogP contribution < -0.4 is 4.90 Å². The number of aliphatic imine (C=N–C) groups is 1. The second-order valence-corrected chi connectivity index (χ2v) is 15.2. The third-order valence-electron chi connectivity index (χ3n) is 8.13. The molecule has 12 heteroatoms. The van der Waals surface area contributed by atoms with Gasteiger partial charge in [-0.05, 0) is 56.0 Å². The molecule has 1 spiro atoms. The SMILES string of the molecule is COS(=O)(=O)c1ccc(C)cc1[C@@H]1CCCN1S(=O)(=O)c1ccc2c(c1)C1(OCCCO1)C1=NCC(C)(C)CN12. The molecule has 4 heterocycles. The van der Waals surface area contributed by atoms with Crippen LogP contribution in [-0.4, -0.2) is 66.9 Å². The Labute approximate surface area is 236 Å². The van der Waals surface area contributed by atoms with Crippen molar-refractivity contribution < 1.29 is 30.5 Å². The van der Waals surface area contributed by atoms with Gasteiger partial charge >= 0.3 is 0 Å². The van der Waals surface area contributed by atoms with Crippen LogP contribution in [0.5, 0.6) is 0 Å². The molecule has 2 fully saturated rings. The summed E-state index contributed by atoms with van der Waals surface area (Å²) in [5, 5.41) is 0. The molecule has 0 unspecified atom stereocenters. The smallest absolute Gasteiger partial charge is 0.297 e. The predicted molar refractivity (Wildman–Crippen MR) is 149 cm³/mol. The molecule has 2 saturated heterocycles. The number of anilines is 1. The van der Waals surface area contributed by atoms with Crippen molar-refractivity contribution in [2.24, 2.45) is 10.4 Å². The van der Waals surface area contributed by atoms with E-state index in [4.69, 9.17) is 18.6 Å². The van der Waals surface area contributed by atoms with Crippen LogP contribution in [0.2, 0.25) is 0 Å². The Morgan fingerprint density at radius 3 is 2.50 bits per heavy atom. The maximum Gasteiger partial charge on any atom is 0.297 e. The van der Waals surface area contributed by atoms with E-state index in [1.807, 2.05) is 13.0 Å². The summed E-state index contributed by atoms with van der Waals surface area (Å²) in [6, 6.07) is 9.35. The molecule has 0 bridgehead atoms. The molecule has 0 aromatic heterocycles. The van der Waals surface area contributed by atoms with Gasteiger partial charge in [-0.25, -0.2) is 8.42 Å². The molecule has 2 aromatic rings. The van der Waals surface area contributed by atoms with E-state index in [2.05, 4.69) is 18.7 Å². The van der Waals surface area contributed by atoms with E-state index in [0.717, 1.165) is 24.8 Å². The molecule has 216 valence electrons. The number of benzene rings is 2. The van der Waals surface area contributed by atoms with Crippen LogP contribution in [0.1, 0.15) is 55.8 Å². The van der Waals surface area contributed by atoms with Crippen molar-refractivity contribution in [2.75, 3.05) is 44.9 Å². The minimum Gasteiger partial charge on any atom is -0.340 e. The number of fused-ring (bicyclic) bond motifs is 5. The largest absolute Gasteiger partial charge is 0.340 e. The van der Waals surface area contributed by atoms with Crippen molar-refractivity contribution in [1.29, 1.82) is 0 Å². The molecule has 0 amide bonds. The topological polar surface area (TPSA) is 115 Å². The quantitative estimate of drug-likeness (QED) is 0.485. The zero-order valence-corrected chi connectivity index (χ0v) is 24.8. The van der Waals surface area contributed by atoms with E-state index in [0.29, 0.717) is 56.1 Å². The summed E-state index contributed by atoms with van der Waals surface area (Å²) in [4.78, 5) is 7.06. The standard InChI is InChI=1S/C28H35N3O7S2/c1-19-8-11-25(40(34,35)36-4)21(15-19)23-7-5-12-31(23)39(32,33)20-9-10-24-22(16-20)28(37-13-6-14-38-28)26-29-17-27(2,3)18-30(24)26/h8-11,15-16,23H,5-7,12-14,17-18H2,1-4H3/t23-/m0/s1. The molecule has 0 radical (unpaired) electrons. The highest BCUT2D eigenvalue weighted by Crippen LogP contribution is 2.50. The zero-order valence-electron chi connectivity index (χ0n) is 23.2. The molecule has 0 N–H and O–H groups in total. The molecule has 4 aliphatic heterocycles. The lowest BCUT2D eigenvalue weighted by Crippen LogP contribution is -2.52. The van der Waals surface area contributed by atoms with Gasteiger partial charge in [0.05, 0.1) is 41.8 Å². The highest BCUT2D eigenvalue weighted by atomic mass is 32.2. The van der Waals surface area contributed by atoms with Gasteiger partial charge in [-0.1, -0.05) is 31.5 Å². The average molecular weight is 590 g/mol. The first-order valence-corrected chi connectivity index (χ1v) is 16.4. The Morgan fingerprint density at radius 2 is 1.77 bits per heavy atom. The number of amidine groups is 1. The molecule has 4 aliphatic rings. The Balaban J connectivity index is 1.44. The van der Waals surface area contributed by atoms with Crippen LogP contribution in [0.3, 0.4) is 0 Å². The van der Waals surface area contributed by atoms with Gasteiger partial charge < -0.3 is 14.4 Å². The number of hydrogen-bond acceptors (Lipinski definition) is 9. The first-order valence-electron chi connectivity index (χ1n) is 13.6. The van der Waals surface area contributed by atoms with Crippen molar-refractivity contribution in [2.45, 2.75) is 61.7 Å². The van der Waals surface area contributed by atoms with E-state index >= 15 is 0 Å². The highest BCUT2D eigenvalue weighted by molar-refractivity contribution is 7.89. The summed E-state index contributed by atoms with van der Waals surface area (Å²) < 4.78 is 72.7. The molecule has 2 aromatic carbocycles. The Morgan fingerprint density at radius 1 is 1.02 bits per heavy atom. The maximum absolute atomic E-state index is 14.2. The van der Waals surface area contributed by atoms with Crippen molar-refractivity contribution in [3.63, 3.8) is 0 Å². The maximum atomic E-state index is 14.2. The molecule has 10 nitrogen and oxygen atoms in total. The molecule has 1 atom stereocenters. The normalized spacial score (nSPS) is 24.1. The lowest BCUT2D eigenvalue weighted by atomic mass is 9.91. The summed E-state index contributed by atoms with van der Waals surface area (Å²) in [6.45, 7) is 8.70. The van der Waals surface area contributed by atoms with Crippen LogP contribution in [0.15, 0.2) is 51.2 Å². The second-order valence-electron chi connectivity index (χ2n) is 11.7. The average Bonchev–Trinajstić information content (AvgIpc) is 3.51. The molecular weight excluding hydrogens is 554 g/mol. The summed E-state index contributed by atoms with van der Waals surface area (Å²) in [5.41, 5.74) is 2.66. The number of rotatable bonds is 5. The van der Waals surface area contributed by atoms with E-state index < -0.39 is 32.0 Å². The summed E-state index contributed by atoms with van der Waals surface area (Å²) in [5.74, 6) is -0.569. The second kappa shape index (κ2) is 9.60. The van der Waals surface area contributed by atoms with Gasteiger partial charge in [0.15, 0.2) is 5.84 Å². The lowest BCUT2D eigenvalue weighted by Gasteiger charge is -2.40. The van der Waals surface area contributed by atoms with Crippen molar-refractivity contribution in [3.05, 3.63) is 53.1 Å². The van der Waals surface area contributed by atoms with E-state index in [1.54, 1.807) is 24.3 Å². The number of aryl methyl sites for hydroxylation is 1. The Kier molecular flexibility index (Phi) is 6.67. The number of hydrogen-bond donors (Lipinski definition) is 0. The molecule has 6 rings (SSSR count). The summed E-state index contributed by atoms with van der Waals surface area (Å²) in [7, 11) is -6.95. The van der Waals surface area contributed by atoms with Crippen LogP contribution in [0.25, 0.3) is 0 Å². The van der Waals surface area contributed by atoms with Crippen LogP contribution >= 0.6 is 0 Å². The first-order chi connectivity index (χ1) is 18.9. The number of ether oxygens (including phenoxy) is 2. The number of sulfonamides is 1.